The molecule has 9 nitrogen and oxygen atoms in total. The van der Waals surface area contributed by atoms with E-state index in [1.807, 2.05) is 18.2 Å². The van der Waals surface area contributed by atoms with Crippen molar-refractivity contribution in [1.82, 2.24) is 25.5 Å². The highest BCUT2D eigenvalue weighted by Crippen LogP contribution is 2.38. The molecule has 1 N–H and O–H groups in total. The van der Waals surface area contributed by atoms with Gasteiger partial charge in [0.1, 0.15) is 0 Å². The Labute approximate surface area is 157 Å². The molecule has 1 fully saturated rings. The van der Waals surface area contributed by atoms with E-state index in [9.17, 15) is 4.79 Å². The Balaban J connectivity index is 1.65. The van der Waals surface area contributed by atoms with Crippen LogP contribution in [0.1, 0.15) is 44.9 Å². The summed E-state index contributed by atoms with van der Waals surface area (Å²) >= 11 is 0. The second-order valence-corrected chi connectivity index (χ2v) is 6.75. The van der Waals surface area contributed by atoms with Crippen molar-refractivity contribution in [2.75, 3.05) is 19.9 Å². The molecular formula is C18H23N5O4. The van der Waals surface area contributed by atoms with Gasteiger partial charge in [-0.15, -0.1) is 5.10 Å². The van der Waals surface area contributed by atoms with E-state index >= 15 is 0 Å². The van der Waals surface area contributed by atoms with E-state index in [1.54, 1.807) is 11.6 Å². The normalized spacial score (nSPS) is 17.7. The van der Waals surface area contributed by atoms with Gasteiger partial charge in [0.05, 0.1) is 24.4 Å². The molecule has 1 aromatic heterocycles. The molecule has 1 aliphatic heterocycles. The zero-order valence-corrected chi connectivity index (χ0v) is 15.3. The zero-order chi connectivity index (χ0) is 18.7. The molecule has 0 atom stereocenters. The molecule has 9 heteroatoms. The lowest BCUT2D eigenvalue weighted by molar-refractivity contribution is -0.142. The van der Waals surface area contributed by atoms with Gasteiger partial charge in [-0.25, -0.2) is 0 Å². The van der Waals surface area contributed by atoms with Crippen molar-refractivity contribution in [3.63, 3.8) is 0 Å². The van der Waals surface area contributed by atoms with E-state index in [4.69, 9.17) is 14.2 Å². The number of nitrogens with one attached hydrogen (secondary N) is 1. The van der Waals surface area contributed by atoms with Crippen LogP contribution in [0.2, 0.25) is 0 Å². The molecule has 2 aromatic rings. The standard InChI is InChI=1S/C18H23N5O4/c1-2-25-16(24)11-19-18(8-4-3-5-9-18)17-20-21-22-23(17)13-6-7-14-15(10-13)27-12-26-14/h6-7,10,19H,2-5,8-9,11-12H2,1H3. The first kappa shape index (κ1) is 17.7. The second-order valence-electron chi connectivity index (χ2n) is 6.75. The van der Waals surface area contributed by atoms with Gasteiger partial charge in [0, 0.05) is 6.07 Å². The van der Waals surface area contributed by atoms with E-state index in [2.05, 4.69) is 20.8 Å². The number of aromatic nitrogens is 4. The third-order valence-corrected chi connectivity index (χ3v) is 5.08. The molecular weight excluding hydrogens is 350 g/mol. The van der Waals surface area contributed by atoms with Crippen molar-refractivity contribution < 1.29 is 19.0 Å². The predicted octanol–water partition coefficient (Wildman–Crippen LogP) is 1.70. The number of carbonyl (C=O) groups is 1. The number of ether oxygens (including phenoxy) is 3. The fourth-order valence-corrected chi connectivity index (χ4v) is 3.76. The van der Waals surface area contributed by atoms with Crippen molar-refractivity contribution >= 4 is 5.97 Å². The largest absolute Gasteiger partial charge is 0.465 e. The van der Waals surface area contributed by atoms with Crippen molar-refractivity contribution in [1.29, 1.82) is 0 Å². The van der Waals surface area contributed by atoms with Crippen molar-refractivity contribution in [2.45, 2.75) is 44.6 Å². The van der Waals surface area contributed by atoms with E-state index in [0.29, 0.717) is 23.9 Å². The lowest BCUT2D eigenvalue weighted by atomic mass is 9.80. The smallest absolute Gasteiger partial charge is 0.319 e. The maximum absolute atomic E-state index is 11.9. The van der Waals surface area contributed by atoms with Crippen molar-refractivity contribution in [2.24, 2.45) is 0 Å². The van der Waals surface area contributed by atoms with Crippen LogP contribution in [0, 0.1) is 0 Å². The quantitative estimate of drug-likeness (QED) is 0.764. The van der Waals surface area contributed by atoms with Crippen LogP contribution < -0.4 is 14.8 Å². The molecule has 0 radical (unpaired) electrons. The van der Waals surface area contributed by atoms with Gasteiger partial charge in [0.25, 0.3) is 0 Å². The van der Waals surface area contributed by atoms with E-state index < -0.39 is 5.54 Å². The minimum Gasteiger partial charge on any atom is -0.465 e. The number of fused-ring (bicyclic) bond motifs is 1. The number of carbonyl (C=O) groups excluding carboxylic acids is 1. The first-order valence-corrected chi connectivity index (χ1v) is 9.31. The molecule has 144 valence electrons. The average molecular weight is 373 g/mol. The lowest BCUT2D eigenvalue weighted by Crippen LogP contribution is -2.48. The van der Waals surface area contributed by atoms with Gasteiger partial charge in [-0.05, 0) is 42.3 Å². The van der Waals surface area contributed by atoms with Crippen LogP contribution in [0.25, 0.3) is 5.69 Å². The van der Waals surface area contributed by atoms with Crippen LogP contribution in [0.4, 0.5) is 0 Å². The number of hydrogen-bond acceptors (Lipinski definition) is 8. The molecule has 0 spiro atoms. The van der Waals surface area contributed by atoms with Crippen molar-refractivity contribution in [3.05, 3.63) is 24.0 Å². The van der Waals surface area contributed by atoms with Crippen molar-refractivity contribution in [3.8, 4) is 17.2 Å². The average Bonchev–Trinajstić information content (AvgIpc) is 3.36. The molecule has 1 aromatic carbocycles. The Kier molecular flexibility index (Phi) is 4.93. The van der Waals surface area contributed by atoms with Gasteiger partial charge in [-0.1, -0.05) is 19.3 Å². The van der Waals surface area contributed by atoms with Gasteiger partial charge in [-0.2, -0.15) is 4.68 Å². The molecule has 1 aliphatic carbocycles. The lowest BCUT2D eigenvalue weighted by Gasteiger charge is -2.36. The Morgan fingerprint density at radius 2 is 2.07 bits per heavy atom. The minimum atomic E-state index is -0.467. The van der Waals surface area contributed by atoms with Gasteiger partial charge >= 0.3 is 5.97 Å². The van der Waals surface area contributed by atoms with Gasteiger partial charge < -0.3 is 14.2 Å². The Bertz CT molecular complexity index is 816. The third kappa shape index (κ3) is 3.46. The molecule has 2 heterocycles. The highest BCUT2D eigenvalue weighted by molar-refractivity contribution is 5.71. The topological polar surface area (TPSA) is 100 Å². The van der Waals surface area contributed by atoms with Crippen LogP contribution in [-0.4, -0.2) is 46.1 Å². The zero-order valence-electron chi connectivity index (χ0n) is 15.3. The highest BCUT2D eigenvalue weighted by Gasteiger charge is 2.39. The Morgan fingerprint density at radius 1 is 1.26 bits per heavy atom. The van der Waals surface area contributed by atoms with E-state index in [-0.39, 0.29) is 19.3 Å². The van der Waals surface area contributed by atoms with Crippen LogP contribution in [0.15, 0.2) is 18.2 Å². The van der Waals surface area contributed by atoms with Gasteiger partial charge in [0.2, 0.25) is 6.79 Å². The van der Waals surface area contributed by atoms with Gasteiger partial charge in [-0.3, -0.25) is 10.1 Å². The molecule has 0 bridgehead atoms. The molecule has 2 aliphatic rings. The maximum atomic E-state index is 11.9. The summed E-state index contributed by atoms with van der Waals surface area (Å²) in [6.45, 7) is 2.50. The Hall–Kier alpha value is -2.68. The summed E-state index contributed by atoms with van der Waals surface area (Å²) in [5.41, 5.74) is 0.326. The summed E-state index contributed by atoms with van der Waals surface area (Å²) in [5, 5.41) is 15.8. The van der Waals surface area contributed by atoms with Gasteiger partial charge in [0.15, 0.2) is 17.3 Å². The van der Waals surface area contributed by atoms with Crippen LogP contribution >= 0.6 is 0 Å². The van der Waals surface area contributed by atoms with E-state index in [1.165, 1.54) is 0 Å². The first-order valence-electron chi connectivity index (χ1n) is 9.31. The maximum Gasteiger partial charge on any atom is 0.319 e. The molecule has 0 amide bonds. The SMILES string of the molecule is CCOC(=O)CNC1(c2nnnn2-c2ccc3c(c2)OCO3)CCCCC1. The number of esters is 1. The molecule has 0 unspecified atom stereocenters. The summed E-state index contributed by atoms with van der Waals surface area (Å²) in [6.07, 6.45) is 4.97. The van der Waals surface area contributed by atoms with Crippen LogP contribution in [0.5, 0.6) is 11.5 Å². The summed E-state index contributed by atoms with van der Waals surface area (Å²) < 4.78 is 17.6. The summed E-state index contributed by atoms with van der Waals surface area (Å²) in [4.78, 5) is 11.9. The molecule has 1 saturated carbocycles. The number of rotatable bonds is 6. The predicted molar refractivity (Wildman–Crippen MR) is 94.7 cm³/mol. The molecule has 4 rings (SSSR count). The summed E-state index contributed by atoms with van der Waals surface area (Å²) in [7, 11) is 0. The first-order chi connectivity index (χ1) is 13.2. The van der Waals surface area contributed by atoms with Crippen LogP contribution in [-0.2, 0) is 15.1 Å². The second kappa shape index (κ2) is 7.51. The third-order valence-electron chi connectivity index (χ3n) is 5.08. The Morgan fingerprint density at radius 3 is 2.89 bits per heavy atom. The number of benzene rings is 1. The highest BCUT2D eigenvalue weighted by atomic mass is 16.7. The number of hydrogen-bond donors (Lipinski definition) is 1. The molecule has 0 saturated heterocycles. The monoisotopic (exact) mass is 373 g/mol. The number of nitrogens with zero attached hydrogens (tertiary/aromatic N) is 4. The summed E-state index contributed by atoms with van der Waals surface area (Å²) in [6, 6.07) is 5.61. The minimum absolute atomic E-state index is 0.127. The van der Waals surface area contributed by atoms with Crippen LogP contribution in [0.3, 0.4) is 0 Å². The van der Waals surface area contributed by atoms with E-state index in [0.717, 1.165) is 37.8 Å². The molecule has 27 heavy (non-hydrogen) atoms. The fourth-order valence-electron chi connectivity index (χ4n) is 3.76. The number of tetrazole rings is 1. The fraction of sp³-hybridized carbons (Fsp3) is 0.556. The summed E-state index contributed by atoms with van der Waals surface area (Å²) in [5.74, 6) is 1.81.